The zero-order valence-corrected chi connectivity index (χ0v) is 15.2. The van der Waals surface area contributed by atoms with Crippen molar-refractivity contribution in [3.63, 3.8) is 0 Å². The zero-order valence-electron chi connectivity index (χ0n) is 15.2. The van der Waals surface area contributed by atoms with E-state index in [1.807, 2.05) is 67.5 Å². The molecule has 0 aliphatic carbocycles. The molecular weight excluding hydrogens is 328 g/mol. The maximum absolute atomic E-state index is 12.0. The van der Waals surface area contributed by atoms with Crippen LogP contribution in [0, 0.1) is 0 Å². The summed E-state index contributed by atoms with van der Waals surface area (Å²) in [5.74, 6) is 0.886. The summed E-state index contributed by atoms with van der Waals surface area (Å²) in [6.45, 7) is 0. The highest BCUT2D eigenvalue weighted by Gasteiger charge is 2.22. The van der Waals surface area contributed by atoms with Crippen LogP contribution in [0.1, 0.15) is 17.5 Å². The van der Waals surface area contributed by atoms with Crippen molar-refractivity contribution in [2.24, 2.45) is 4.99 Å². The van der Waals surface area contributed by atoms with Crippen molar-refractivity contribution < 1.29 is 14.3 Å². The number of rotatable bonds is 6. The lowest BCUT2D eigenvalue weighted by Crippen LogP contribution is -2.08. The lowest BCUT2D eigenvalue weighted by atomic mass is 10.1. The predicted molar refractivity (Wildman–Crippen MR) is 104 cm³/mol. The summed E-state index contributed by atoms with van der Waals surface area (Å²) >= 11 is 0. The molecule has 0 saturated carbocycles. The van der Waals surface area contributed by atoms with Crippen LogP contribution in [0.2, 0.25) is 0 Å². The number of aliphatic imine (C=N–C) groups is 1. The number of hydrogen-bond acceptors (Lipinski definition) is 5. The second-order valence-electron chi connectivity index (χ2n) is 6.26. The number of nitrogens with zero attached hydrogens (tertiary/aromatic N) is 2. The number of esters is 1. The molecule has 1 aliphatic rings. The van der Waals surface area contributed by atoms with Gasteiger partial charge in [-0.3, -0.25) is 0 Å². The Hall–Kier alpha value is -3.08. The lowest BCUT2D eigenvalue weighted by molar-refractivity contribution is -0.130. The van der Waals surface area contributed by atoms with E-state index in [0.29, 0.717) is 18.0 Å². The fraction of sp³-hybridized carbons (Fsp3) is 0.238. The molecular formula is C21H22N2O3. The molecule has 0 saturated heterocycles. The van der Waals surface area contributed by atoms with Crippen molar-refractivity contribution in [3.8, 4) is 5.75 Å². The second kappa shape index (κ2) is 7.87. The van der Waals surface area contributed by atoms with Crippen LogP contribution in [0.25, 0.3) is 6.08 Å². The fourth-order valence-corrected chi connectivity index (χ4v) is 2.63. The summed E-state index contributed by atoms with van der Waals surface area (Å²) in [5.41, 5.74) is 3.50. The molecule has 2 aromatic carbocycles. The van der Waals surface area contributed by atoms with Crippen LogP contribution < -0.4 is 9.64 Å². The van der Waals surface area contributed by atoms with Gasteiger partial charge in [0.15, 0.2) is 11.6 Å². The van der Waals surface area contributed by atoms with Gasteiger partial charge in [-0.05, 0) is 47.9 Å². The average molecular weight is 350 g/mol. The molecule has 26 heavy (non-hydrogen) atoms. The molecule has 0 N–H and O–H groups in total. The third-order valence-corrected chi connectivity index (χ3v) is 4.16. The van der Waals surface area contributed by atoms with Crippen molar-refractivity contribution in [2.75, 3.05) is 26.1 Å². The Bertz CT molecular complexity index is 835. The van der Waals surface area contributed by atoms with Crippen LogP contribution in [0.5, 0.6) is 5.75 Å². The van der Waals surface area contributed by atoms with E-state index in [1.54, 1.807) is 13.2 Å². The van der Waals surface area contributed by atoms with Crippen molar-refractivity contribution in [2.45, 2.75) is 12.8 Å². The van der Waals surface area contributed by atoms with Crippen molar-refractivity contribution in [3.05, 3.63) is 65.4 Å². The van der Waals surface area contributed by atoms with Gasteiger partial charge in [-0.1, -0.05) is 24.3 Å². The first-order valence-electron chi connectivity index (χ1n) is 8.47. The third-order valence-electron chi connectivity index (χ3n) is 4.16. The molecule has 5 heteroatoms. The summed E-state index contributed by atoms with van der Waals surface area (Å²) in [6, 6.07) is 15.8. The number of carbonyl (C=O) groups excluding carboxylic acids is 1. The van der Waals surface area contributed by atoms with Gasteiger partial charge in [-0.25, -0.2) is 9.79 Å². The number of ether oxygens (including phenoxy) is 2. The van der Waals surface area contributed by atoms with E-state index in [2.05, 4.69) is 4.99 Å². The van der Waals surface area contributed by atoms with E-state index < -0.39 is 5.97 Å². The first-order chi connectivity index (χ1) is 12.5. The van der Waals surface area contributed by atoms with Gasteiger partial charge in [0.1, 0.15) is 5.75 Å². The number of methoxy groups -OCH3 is 1. The minimum absolute atomic E-state index is 0.340. The van der Waals surface area contributed by atoms with Crippen molar-refractivity contribution >= 4 is 23.6 Å². The molecule has 134 valence electrons. The number of benzene rings is 2. The van der Waals surface area contributed by atoms with Crippen LogP contribution >= 0.6 is 0 Å². The SMILES string of the molecule is COc1ccc(CCC2=N/C(=C/c3ccc(N(C)C)cc3)C(=O)O2)cc1. The minimum Gasteiger partial charge on any atom is -0.497 e. The third kappa shape index (κ3) is 4.30. The lowest BCUT2D eigenvalue weighted by Gasteiger charge is -2.11. The van der Waals surface area contributed by atoms with Gasteiger partial charge >= 0.3 is 5.97 Å². The fourth-order valence-electron chi connectivity index (χ4n) is 2.63. The highest BCUT2D eigenvalue weighted by molar-refractivity contribution is 6.07. The van der Waals surface area contributed by atoms with Crippen LogP contribution in [0.15, 0.2) is 59.2 Å². The van der Waals surface area contributed by atoms with Gasteiger partial charge in [0, 0.05) is 26.2 Å². The molecule has 0 radical (unpaired) electrons. The van der Waals surface area contributed by atoms with Gasteiger partial charge in [-0.2, -0.15) is 0 Å². The van der Waals surface area contributed by atoms with E-state index in [0.717, 1.165) is 29.0 Å². The largest absolute Gasteiger partial charge is 0.497 e. The first kappa shape index (κ1) is 17.7. The van der Waals surface area contributed by atoms with Gasteiger partial charge in [0.05, 0.1) is 7.11 Å². The first-order valence-corrected chi connectivity index (χ1v) is 8.47. The number of carbonyl (C=O) groups is 1. The summed E-state index contributed by atoms with van der Waals surface area (Å²) in [4.78, 5) is 18.4. The van der Waals surface area contributed by atoms with E-state index in [9.17, 15) is 4.79 Å². The standard InChI is InChI=1S/C21H22N2O3/c1-23(2)17-9-4-16(5-10-17)14-19-21(24)26-20(22-19)13-8-15-6-11-18(25-3)12-7-15/h4-7,9-12,14H,8,13H2,1-3H3/b19-14+. The highest BCUT2D eigenvalue weighted by Crippen LogP contribution is 2.20. The van der Waals surface area contributed by atoms with Crippen LogP contribution in [-0.2, 0) is 16.0 Å². The summed E-state index contributed by atoms with van der Waals surface area (Å²) < 4.78 is 10.4. The minimum atomic E-state index is -0.397. The topological polar surface area (TPSA) is 51.1 Å². The Morgan fingerprint density at radius 2 is 1.73 bits per heavy atom. The average Bonchev–Trinajstić information content (AvgIpc) is 3.00. The molecule has 0 atom stereocenters. The number of cyclic esters (lactones) is 1. The van der Waals surface area contributed by atoms with Gasteiger partial charge in [-0.15, -0.1) is 0 Å². The van der Waals surface area contributed by atoms with Crippen LogP contribution in [-0.4, -0.2) is 33.1 Å². The summed E-state index contributed by atoms with van der Waals surface area (Å²) in [7, 11) is 5.62. The monoisotopic (exact) mass is 350 g/mol. The van der Waals surface area contributed by atoms with Gasteiger partial charge in [0.2, 0.25) is 0 Å². The molecule has 0 amide bonds. The summed E-state index contributed by atoms with van der Waals surface area (Å²) in [5, 5.41) is 0. The van der Waals surface area contributed by atoms with Gasteiger partial charge in [0.25, 0.3) is 0 Å². The maximum Gasteiger partial charge on any atom is 0.363 e. The second-order valence-corrected chi connectivity index (χ2v) is 6.26. The Kier molecular flexibility index (Phi) is 5.37. The molecule has 0 aromatic heterocycles. The van der Waals surface area contributed by atoms with Crippen molar-refractivity contribution in [1.82, 2.24) is 0 Å². The predicted octanol–water partition coefficient (Wildman–Crippen LogP) is 3.69. The molecule has 5 nitrogen and oxygen atoms in total. The van der Waals surface area contributed by atoms with Crippen molar-refractivity contribution in [1.29, 1.82) is 0 Å². The Morgan fingerprint density at radius 1 is 1.04 bits per heavy atom. The van der Waals surface area contributed by atoms with E-state index in [-0.39, 0.29) is 0 Å². The maximum atomic E-state index is 12.0. The Balaban J connectivity index is 1.65. The van der Waals surface area contributed by atoms with Crippen LogP contribution in [0.4, 0.5) is 5.69 Å². The molecule has 1 aliphatic heterocycles. The Morgan fingerprint density at radius 3 is 2.35 bits per heavy atom. The Labute approximate surface area is 153 Å². The molecule has 0 unspecified atom stereocenters. The number of aryl methyl sites for hydroxylation is 1. The zero-order chi connectivity index (χ0) is 18.5. The van der Waals surface area contributed by atoms with Gasteiger partial charge < -0.3 is 14.4 Å². The van der Waals surface area contributed by atoms with Crippen LogP contribution in [0.3, 0.4) is 0 Å². The summed E-state index contributed by atoms with van der Waals surface area (Å²) in [6.07, 6.45) is 3.08. The quantitative estimate of drug-likeness (QED) is 0.589. The smallest absolute Gasteiger partial charge is 0.363 e. The molecule has 0 spiro atoms. The van der Waals surface area contributed by atoms with E-state index in [1.165, 1.54) is 0 Å². The van der Waals surface area contributed by atoms with E-state index >= 15 is 0 Å². The van der Waals surface area contributed by atoms with E-state index in [4.69, 9.17) is 9.47 Å². The normalized spacial score (nSPS) is 15.0. The molecule has 0 bridgehead atoms. The molecule has 2 aromatic rings. The number of hydrogen-bond donors (Lipinski definition) is 0. The molecule has 0 fully saturated rings. The number of anilines is 1. The molecule has 1 heterocycles. The molecule has 3 rings (SSSR count). The highest BCUT2D eigenvalue weighted by atomic mass is 16.6.